The number of anilines is 3. The lowest BCUT2D eigenvalue weighted by Crippen LogP contribution is -2.13. The van der Waals surface area contributed by atoms with Crippen molar-refractivity contribution in [2.75, 3.05) is 10.6 Å². The highest BCUT2D eigenvalue weighted by Crippen LogP contribution is 2.21. The molecule has 0 aliphatic carbocycles. The number of carbonyl (C=O) groups excluding carboxylic acids is 1. The smallest absolute Gasteiger partial charge is 0.274 e. The van der Waals surface area contributed by atoms with Gasteiger partial charge in [0.25, 0.3) is 5.91 Å². The van der Waals surface area contributed by atoms with Crippen molar-refractivity contribution >= 4 is 23.0 Å². The van der Waals surface area contributed by atoms with Gasteiger partial charge in [0.15, 0.2) is 0 Å². The number of para-hydroxylation sites is 1. The van der Waals surface area contributed by atoms with Crippen LogP contribution in [-0.2, 0) is 0 Å². The summed E-state index contributed by atoms with van der Waals surface area (Å²) < 4.78 is 13.8. The van der Waals surface area contributed by atoms with Crippen LogP contribution in [0.4, 0.5) is 21.5 Å². The molecule has 1 amide bonds. The third kappa shape index (κ3) is 4.25. The fourth-order valence-electron chi connectivity index (χ4n) is 2.50. The Morgan fingerprint density at radius 3 is 2.42 bits per heavy atom. The summed E-state index contributed by atoms with van der Waals surface area (Å²) in [5, 5.41) is 5.78. The number of hydrogen-bond acceptors (Lipinski definition) is 3. The van der Waals surface area contributed by atoms with Crippen LogP contribution in [0.5, 0.6) is 0 Å². The maximum Gasteiger partial charge on any atom is 0.274 e. The van der Waals surface area contributed by atoms with E-state index in [0.717, 1.165) is 0 Å². The zero-order valence-corrected chi connectivity index (χ0v) is 14.7. The first-order valence-corrected chi connectivity index (χ1v) is 8.42. The predicted octanol–water partition coefficient (Wildman–Crippen LogP) is 5.34. The number of pyridine rings is 1. The van der Waals surface area contributed by atoms with Gasteiger partial charge in [-0.25, -0.2) is 4.39 Å². The molecule has 2 aromatic carbocycles. The van der Waals surface area contributed by atoms with Crippen molar-refractivity contribution < 1.29 is 9.18 Å². The van der Waals surface area contributed by atoms with E-state index in [-0.39, 0.29) is 17.4 Å². The van der Waals surface area contributed by atoms with Gasteiger partial charge in [-0.15, -0.1) is 0 Å². The van der Waals surface area contributed by atoms with Crippen molar-refractivity contribution in [2.24, 2.45) is 0 Å². The molecule has 3 rings (SSSR count). The number of aromatic nitrogens is 1. The Morgan fingerprint density at radius 1 is 1.00 bits per heavy atom. The zero-order valence-electron chi connectivity index (χ0n) is 14.7. The topological polar surface area (TPSA) is 54.0 Å². The van der Waals surface area contributed by atoms with Crippen molar-refractivity contribution in [3.63, 3.8) is 0 Å². The molecule has 0 fully saturated rings. The molecule has 0 atom stereocenters. The number of halogens is 1. The first-order valence-electron chi connectivity index (χ1n) is 8.42. The van der Waals surface area contributed by atoms with Crippen LogP contribution in [-0.4, -0.2) is 10.9 Å². The van der Waals surface area contributed by atoms with Crippen LogP contribution in [0.15, 0.2) is 66.9 Å². The number of benzene rings is 2. The SMILES string of the molecule is CC(C)c1ccc(NC(=O)c2cc(Nc3ccccc3F)ccn2)cc1. The third-order valence-corrected chi connectivity index (χ3v) is 3.98. The lowest BCUT2D eigenvalue weighted by Gasteiger charge is -2.10. The van der Waals surface area contributed by atoms with E-state index in [9.17, 15) is 9.18 Å². The highest BCUT2D eigenvalue weighted by Gasteiger charge is 2.10. The van der Waals surface area contributed by atoms with E-state index in [0.29, 0.717) is 23.0 Å². The second-order valence-electron chi connectivity index (χ2n) is 6.27. The van der Waals surface area contributed by atoms with E-state index in [2.05, 4.69) is 29.5 Å². The fraction of sp³-hybridized carbons (Fsp3) is 0.143. The van der Waals surface area contributed by atoms with Crippen molar-refractivity contribution in [2.45, 2.75) is 19.8 Å². The molecule has 4 nitrogen and oxygen atoms in total. The van der Waals surface area contributed by atoms with E-state index in [1.54, 1.807) is 30.3 Å². The molecular weight excluding hydrogens is 329 g/mol. The van der Waals surface area contributed by atoms with Gasteiger partial charge in [0.2, 0.25) is 0 Å². The molecular formula is C21H20FN3O. The third-order valence-electron chi connectivity index (χ3n) is 3.98. The average molecular weight is 349 g/mol. The van der Waals surface area contributed by atoms with Gasteiger partial charge in [0.05, 0.1) is 5.69 Å². The molecule has 26 heavy (non-hydrogen) atoms. The number of nitrogens with zero attached hydrogens (tertiary/aromatic N) is 1. The van der Waals surface area contributed by atoms with Crippen LogP contribution in [0.25, 0.3) is 0 Å². The molecule has 0 aliphatic rings. The quantitative estimate of drug-likeness (QED) is 0.654. The standard InChI is InChI=1S/C21H20FN3O/c1-14(2)15-7-9-16(10-8-15)25-21(26)20-13-17(11-12-23-20)24-19-6-4-3-5-18(19)22/h3-14H,1-2H3,(H,23,24)(H,25,26). The average Bonchev–Trinajstić information content (AvgIpc) is 2.64. The van der Waals surface area contributed by atoms with Gasteiger partial charge in [-0.05, 0) is 47.9 Å². The lowest BCUT2D eigenvalue weighted by atomic mass is 10.0. The molecule has 0 radical (unpaired) electrons. The molecule has 3 aromatic rings. The van der Waals surface area contributed by atoms with Gasteiger partial charge >= 0.3 is 0 Å². The van der Waals surface area contributed by atoms with Gasteiger partial charge in [0.1, 0.15) is 11.5 Å². The Morgan fingerprint density at radius 2 is 1.73 bits per heavy atom. The zero-order chi connectivity index (χ0) is 18.5. The highest BCUT2D eigenvalue weighted by molar-refractivity contribution is 6.03. The Hall–Kier alpha value is -3.21. The summed E-state index contributed by atoms with van der Waals surface area (Å²) >= 11 is 0. The Labute approximate surface area is 152 Å². The molecule has 0 bridgehead atoms. The minimum Gasteiger partial charge on any atom is -0.353 e. The van der Waals surface area contributed by atoms with Crippen LogP contribution in [0.3, 0.4) is 0 Å². The summed E-state index contributed by atoms with van der Waals surface area (Å²) in [5.74, 6) is -0.248. The maximum atomic E-state index is 13.8. The molecule has 0 unspecified atom stereocenters. The van der Waals surface area contributed by atoms with E-state index in [4.69, 9.17) is 0 Å². The van der Waals surface area contributed by atoms with Crippen LogP contribution >= 0.6 is 0 Å². The molecule has 0 aliphatic heterocycles. The summed E-state index contributed by atoms with van der Waals surface area (Å²) in [6, 6.07) is 17.4. The Bertz CT molecular complexity index is 907. The monoisotopic (exact) mass is 349 g/mol. The van der Waals surface area contributed by atoms with Gasteiger partial charge < -0.3 is 10.6 Å². The molecule has 1 aromatic heterocycles. The van der Waals surface area contributed by atoms with E-state index in [1.165, 1.54) is 17.8 Å². The van der Waals surface area contributed by atoms with Crippen molar-refractivity contribution in [3.05, 3.63) is 83.9 Å². The lowest BCUT2D eigenvalue weighted by molar-refractivity contribution is 0.102. The highest BCUT2D eigenvalue weighted by atomic mass is 19.1. The minimum atomic E-state index is -0.361. The first kappa shape index (κ1) is 17.6. The normalized spacial score (nSPS) is 10.6. The van der Waals surface area contributed by atoms with E-state index >= 15 is 0 Å². The maximum absolute atomic E-state index is 13.8. The molecule has 1 heterocycles. The largest absolute Gasteiger partial charge is 0.353 e. The number of amides is 1. The molecule has 2 N–H and O–H groups in total. The summed E-state index contributed by atoms with van der Waals surface area (Å²) in [4.78, 5) is 16.5. The van der Waals surface area contributed by atoms with Crippen molar-refractivity contribution in [1.82, 2.24) is 4.98 Å². The Kier molecular flexibility index (Phi) is 5.27. The van der Waals surface area contributed by atoms with Crippen LogP contribution in [0.1, 0.15) is 35.8 Å². The molecule has 5 heteroatoms. The summed E-state index contributed by atoms with van der Waals surface area (Å²) in [6.07, 6.45) is 1.51. The second-order valence-corrected chi connectivity index (χ2v) is 6.27. The van der Waals surface area contributed by atoms with Crippen LogP contribution in [0.2, 0.25) is 0 Å². The molecule has 0 saturated carbocycles. The van der Waals surface area contributed by atoms with Gasteiger partial charge in [0, 0.05) is 17.6 Å². The van der Waals surface area contributed by atoms with Gasteiger partial charge in [-0.3, -0.25) is 9.78 Å². The van der Waals surface area contributed by atoms with Crippen LogP contribution < -0.4 is 10.6 Å². The molecule has 132 valence electrons. The number of hydrogen-bond donors (Lipinski definition) is 2. The van der Waals surface area contributed by atoms with E-state index < -0.39 is 0 Å². The van der Waals surface area contributed by atoms with Crippen molar-refractivity contribution in [1.29, 1.82) is 0 Å². The Balaban J connectivity index is 1.73. The number of nitrogens with one attached hydrogen (secondary N) is 2. The van der Waals surface area contributed by atoms with Gasteiger partial charge in [-0.2, -0.15) is 0 Å². The first-order chi connectivity index (χ1) is 12.5. The van der Waals surface area contributed by atoms with Crippen molar-refractivity contribution in [3.8, 4) is 0 Å². The molecule has 0 spiro atoms. The van der Waals surface area contributed by atoms with E-state index in [1.807, 2.05) is 24.3 Å². The van der Waals surface area contributed by atoms with Crippen LogP contribution in [0, 0.1) is 5.82 Å². The number of rotatable bonds is 5. The summed E-state index contributed by atoms with van der Waals surface area (Å²) in [6.45, 7) is 4.23. The predicted molar refractivity (Wildman–Crippen MR) is 102 cm³/mol. The van der Waals surface area contributed by atoms with Gasteiger partial charge in [-0.1, -0.05) is 38.1 Å². The molecule has 0 saturated heterocycles. The summed E-state index contributed by atoms with van der Waals surface area (Å²) in [7, 11) is 0. The minimum absolute atomic E-state index is 0.249. The second kappa shape index (κ2) is 7.78. The number of carbonyl (C=O) groups is 1. The summed E-state index contributed by atoms with van der Waals surface area (Å²) in [5.41, 5.74) is 3.09. The fourth-order valence-corrected chi connectivity index (χ4v) is 2.50.